The highest BCUT2D eigenvalue weighted by atomic mass is 16.5. The number of carbonyl (C=O) groups excluding carboxylic acids is 1. The zero-order chi connectivity index (χ0) is 12.3. The Balaban J connectivity index is 2.15. The van der Waals surface area contributed by atoms with Crippen LogP contribution < -0.4 is 4.90 Å². The van der Waals surface area contributed by atoms with Crippen molar-refractivity contribution in [1.29, 1.82) is 0 Å². The minimum absolute atomic E-state index is 0.0494. The summed E-state index contributed by atoms with van der Waals surface area (Å²) in [4.78, 5) is 15.9. The Hall–Kier alpha value is -1.55. The summed E-state index contributed by atoms with van der Waals surface area (Å²) in [7, 11) is 3.93. The Kier molecular flexibility index (Phi) is 3.64. The molecular formula is C13H18N2O2. The highest BCUT2D eigenvalue weighted by Gasteiger charge is 2.18. The van der Waals surface area contributed by atoms with Crippen LogP contribution in [-0.2, 0) is 4.74 Å². The first-order valence-corrected chi connectivity index (χ1v) is 5.83. The standard InChI is InChI=1S/C13H18N2O2/c1-14(2)12-6-3-5-11(9-12)13(16)15-7-4-8-17-10-15/h3,5-6,9H,4,7-8,10H2,1-2H3. The van der Waals surface area contributed by atoms with E-state index in [0.717, 1.165) is 30.8 Å². The van der Waals surface area contributed by atoms with Gasteiger partial charge in [-0.25, -0.2) is 0 Å². The van der Waals surface area contributed by atoms with Crippen LogP contribution in [-0.4, -0.2) is 44.8 Å². The van der Waals surface area contributed by atoms with Crippen LogP contribution >= 0.6 is 0 Å². The highest BCUT2D eigenvalue weighted by molar-refractivity contribution is 5.95. The molecule has 1 aromatic rings. The summed E-state index contributed by atoms with van der Waals surface area (Å²) in [5, 5.41) is 0. The second-order valence-corrected chi connectivity index (χ2v) is 4.40. The summed E-state index contributed by atoms with van der Waals surface area (Å²) < 4.78 is 5.30. The Labute approximate surface area is 102 Å². The van der Waals surface area contributed by atoms with Gasteiger partial charge in [0.15, 0.2) is 0 Å². The van der Waals surface area contributed by atoms with E-state index in [9.17, 15) is 4.79 Å². The van der Waals surface area contributed by atoms with Gasteiger partial charge in [0.05, 0.1) is 6.61 Å². The lowest BCUT2D eigenvalue weighted by Gasteiger charge is -2.27. The van der Waals surface area contributed by atoms with Crippen molar-refractivity contribution in [3.63, 3.8) is 0 Å². The lowest BCUT2D eigenvalue weighted by Crippen LogP contribution is -2.38. The number of carbonyl (C=O) groups is 1. The number of benzene rings is 1. The fourth-order valence-electron chi connectivity index (χ4n) is 1.86. The minimum Gasteiger partial charge on any atom is -0.378 e. The fourth-order valence-corrected chi connectivity index (χ4v) is 1.86. The van der Waals surface area contributed by atoms with Gasteiger partial charge in [0.1, 0.15) is 6.73 Å². The van der Waals surface area contributed by atoms with Gasteiger partial charge in [0.2, 0.25) is 0 Å². The molecule has 0 aromatic heterocycles. The number of anilines is 1. The van der Waals surface area contributed by atoms with Gasteiger partial charge in [-0.1, -0.05) is 6.07 Å². The molecule has 0 N–H and O–H groups in total. The van der Waals surface area contributed by atoms with E-state index in [1.165, 1.54) is 0 Å². The summed E-state index contributed by atoms with van der Waals surface area (Å²) in [6.45, 7) is 1.94. The van der Waals surface area contributed by atoms with E-state index in [2.05, 4.69) is 0 Å². The van der Waals surface area contributed by atoms with E-state index in [4.69, 9.17) is 4.74 Å². The molecule has 4 nitrogen and oxygen atoms in total. The molecule has 0 bridgehead atoms. The molecule has 1 aliphatic heterocycles. The van der Waals surface area contributed by atoms with Gasteiger partial charge in [0.25, 0.3) is 5.91 Å². The maximum absolute atomic E-state index is 12.2. The van der Waals surface area contributed by atoms with Gasteiger partial charge in [0, 0.05) is 31.9 Å². The second-order valence-electron chi connectivity index (χ2n) is 4.40. The van der Waals surface area contributed by atoms with Gasteiger partial charge in [-0.2, -0.15) is 0 Å². The van der Waals surface area contributed by atoms with Crippen LogP contribution in [0.15, 0.2) is 24.3 Å². The summed E-state index contributed by atoms with van der Waals surface area (Å²) >= 11 is 0. The van der Waals surface area contributed by atoms with E-state index in [1.807, 2.05) is 43.3 Å². The average molecular weight is 234 g/mol. The van der Waals surface area contributed by atoms with Crippen LogP contribution in [0.25, 0.3) is 0 Å². The van der Waals surface area contributed by atoms with Crippen LogP contribution in [0, 0.1) is 0 Å². The third kappa shape index (κ3) is 2.77. The quantitative estimate of drug-likeness (QED) is 0.778. The van der Waals surface area contributed by atoms with Gasteiger partial charge in [-0.15, -0.1) is 0 Å². The Morgan fingerprint density at radius 1 is 1.41 bits per heavy atom. The first-order valence-electron chi connectivity index (χ1n) is 5.83. The fraction of sp³-hybridized carbons (Fsp3) is 0.462. The molecule has 1 amide bonds. The first-order chi connectivity index (χ1) is 8.18. The van der Waals surface area contributed by atoms with Crippen LogP contribution in [0.5, 0.6) is 0 Å². The third-order valence-corrected chi connectivity index (χ3v) is 2.86. The van der Waals surface area contributed by atoms with E-state index >= 15 is 0 Å². The largest absolute Gasteiger partial charge is 0.378 e. The Bertz CT molecular complexity index is 398. The molecule has 17 heavy (non-hydrogen) atoms. The van der Waals surface area contributed by atoms with E-state index < -0.39 is 0 Å². The highest BCUT2D eigenvalue weighted by Crippen LogP contribution is 2.16. The molecule has 0 spiro atoms. The molecule has 1 heterocycles. The molecule has 4 heteroatoms. The number of hydrogen-bond donors (Lipinski definition) is 0. The lowest BCUT2D eigenvalue weighted by molar-refractivity contribution is -0.00570. The SMILES string of the molecule is CN(C)c1cccc(C(=O)N2CCCOC2)c1. The molecule has 1 saturated heterocycles. The van der Waals surface area contributed by atoms with Gasteiger partial charge >= 0.3 is 0 Å². The van der Waals surface area contributed by atoms with E-state index in [-0.39, 0.29) is 5.91 Å². The van der Waals surface area contributed by atoms with Crippen LogP contribution in [0.2, 0.25) is 0 Å². The molecule has 0 aliphatic carbocycles. The monoisotopic (exact) mass is 234 g/mol. The molecular weight excluding hydrogens is 216 g/mol. The molecule has 0 unspecified atom stereocenters. The van der Waals surface area contributed by atoms with Crippen molar-refractivity contribution < 1.29 is 9.53 Å². The molecule has 1 aliphatic rings. The smallest absolute Gasteiger partial charge is 0.255 e. The van der Waals surface area contributed by atoms with Gasteiger partial charge in [-0.3, -0.25) is 4.79 Å². The minimum atomic E-state index is 0.0494. The predicted molar refractivity (Wildman–Crippen MR) is 67.2 cm³/mol. The van der Waals surface area contributed by atoms with Gasteiger partial charge in [-0.05, 0) is 24.6 Å². The lowest BCUT2D eigenvalue weighted by atomic mass is 10.1. The van der Waals surface area contributed by atoms with E-state index in [1.54, 1.807) is 4.90 Å². The zero-order valence-electron chi connectivity index (χ0n) is 10.3. The number of rotatable bonds is 2. The number of amides is 1. The van der Waals surface area contributed by atoms with Crippen molar-refractivity contribution in [3.05, 3.63) is 29.8 Å². The summed E-state index contributed by atoms with van der Waals surface area (Å²) in [6, 6.07) is 7.66. The van der Waals surface area contributed by atoms with Crippen molar-refractivity contribution in [2.75, 3.05) is 38.9 Å². The molecule has 2 rings (SSSR count). The van der Waals surface area contributed by atoms with Crippen molar-refractivity contribution in [1.82, 2.24) is 4.90 Å². The molecule has 1 fully saturated rings. The van der Waals surface area contributed by atoms with E-state index in [0.29, 0.717) is 6.73 Å². The van der Waals surface area contributed by atoms with Crippen molar-refractivity contribution in [2.24, 2.45) is 0 Å². The molecule has 0 saturated carbocycles. The van der Waals surface area contributed by atoms with Crippen LogP contribution in [0.1, 0.15) is 16.8 Å². The first kappa shape index (κ1) is 11.9. The maximum atomic E-state index is 12.2. The second kappa shape index (κ2) is 5.19. The zero-order valence-corrected chi connectivity index (χ0v) is 10.3. The Morgan fingerprint density at radius 2 is 2.24 bits per heavy atom. The summed E-state index contributed by atoms with van der Waals surface area (Å²) in [5.41, 5.74) is 1.76. The molecule has 0 atom stereocenters. The molecule has 92 valence electrons. The van der Waals surface area contributed by atoms with Gasteiger partial charge < -0.3 is 14.5 Å². The number of nitrogens with zero attached hydrogens (tertiary/aromatic N) is 2. The van der Waals surface area contributed by atoms with Crippen molar-refractivity contribution >= 4 is 11.6 Å². The van der Waals surface area contributed by atoms with Crippen molar-refractivity contribution in [3.8, 4) is 0 Å². The predicted octanol–water partition coefficient (Wildman–Crippen LogP) is 1.57. The molecule has 1 aromatic carbocycles. The van der Waals surface area contributed by atoms with Crippen LogP contribution in [0.3, 0.4) is 0 Å². The number of ether oxygens (including phenoxy) is 1. The average Bonchev–Trinajstić information content (AvgIpc) is 2.39. The number of hydrogen-bond acceptors (Lipinski definition) is 3. The Morgan fingerprint density at radius 3 is 2.88 bits per heavy atom. The molecule has 0 radical (unpaired) electrons. The third-order valence-electron chi connectivity index (χ3n) is 2.86. The normalized spacial score (nSPS) is 15.8. The van der Waals surface area contributed by atoms with Crippen LogP contribution in [0.4, 0.5) is 5.69 Å². The summed E-state index contributed by atoms with van der Waals surface area (Å²) in [5.74, 6) is 0.0494. The van der Waals surface area contributed by atoms with Crippen molar-refractivity contribution in [2.45, 2.75) is 6.42 Å². The maximum Gasteiger partial charge on any atom is 0.255 e. The topological polar surface area (TPSA) is 32.8 Å². The summed E-state index contributed by atoms with van der Waals surface area (Å²) in [6.07, 6.45) is 0.916.